The number of H-pyrrole nitrogens is 1. The Hall–Kier alpha value is -4.47. The highest BCUT2D eigenvalue weighted by atomic mass is 32.2. The summed E-state index contributed by atoms with van der Waals surface area (Å²) < 4.78 is 26.5. The Balaban J connectivity index is 1.42. The number of aromatic nitrogens is 3. The number of thioether (sulfide) groups is 1. The number of halogens is 1. The minimum Gasteiger partial charge on any atom is -0.477 e. The number of carboxylic acids is 1. The van der Waals surface area contributed by atoms with Crippen molar-refractivity contribution in [2.45, 2.75) is 96.0 Å². The number of benzene rings is 1. The van der Waals surface area contributed by atoms with Gasteiger partial charge in [-0.05, 0) is 78.9 Å². The molecule has 1 saturated heterocycles. The number of alkyl carbamates (subject to hydrolysis) is 1. The highest BCUT2D eigenvalue weighted by Gasteiger charge is 2.47. The van der Waals surface area contributed by atoms with E-state index in [-0.39, 0.29) is 35.3 Å². The van der Waals surface area contributed by atoms with Gasteiger partial charge in [-0.1, -0.05) is 18.7 Å². The van der Waals surface area contributed by atoms with E-state index in [1.807, 2.05) is 27.7 Å². The van der Waals surface area contributed by atoms with Crippen LogP contribution in [0.5, 0.6) is 0 Å². The Kier molecular flexibility index (Phi) is 8.52. The zero-order valence-corrected chi connectivity index (χ0v) is 29.7. The van der Waals surface area contributed by atoms with E-state index in [4.69, 9.17) is 19.4 Å². The Bertz CT molecular complexity index is 1870. The maximum absolute atomic E-state index is 15.4. The minimum atomic E-state index is -1.08. The summed E-state index contributed by atoms with van der Waals surface area (Å²) in [5.74, 6) is -0.737. The number of nitrogens with zero attached hydrogens (tertiary/aromatic N) is 4. The molecule has 2 aliphatic heterocycles. The summed E-state index contributed by atoms with van der Waals surface area (Å²) in [4.78, 5) is 53.0. The summed E-state index contributed by atoms with van der Waals surface area (Å²) in [6, 6.07) is 2.59. The molecule has 2 aromatic heterocycles. The van der Waals surface area contributed by atoms with Gasteiger partial charge in [-0.15, -0.1) is 0 Å². The van der Waals surface area contributed by atoms with Crippen LogP contribution in [0.4, 0.5) is 31.4 Å². The second-order valence-electron chi connectivity index (χ2n) is 14.8. The lowest BCUT2D eigenvalue weighted by molar-refractivity contribution is -0.133. The zero-order valence-electron chi connectivity index (χ0n) is 28.9. The molecular formula is C33H43FN8O6S. The van der Waals surface area contributed by atoms with Crippen molar-refractivity contribution in [3.63, 3.8) is 0 Å². The number of anilines is 3. The molecule has 264 valence electrons. The van der Waals surface area contributed by atoms with Gasteiger partial charge in [0.1, 0.15) is 34.2 Å². The van der Waals surface area contributed by atoms with E-state index in [2.05, 4.69) is 25.8 Å². The predicted octanol–water partition coefficient (Wildman–Crippen LogP) is 5.85. The SMILES string of the molecule is CCC1(Nc2nc(N3CC4CC3CC4NC(=O)OC(C)(C)C)c3c(n2)[nH]c2c(N(C)C(=O)OC(C)(C)C)cc(F)cc23)NC(C(=O)O)=CS1. The molecule has 1 aliphatic carbocycles. The molecular weight excluding hydrogens is 655 g/mol. The Labute approximate surface area is 287 Å². The number of rotatable bonds is 7. The van der Waals surface area contributed by atoms with Crippen LogP contribution in [0, 0.1) is 11.7 Å². The fraction of sp³-hybridized carbons (Fsp3) is 0.545. The number of hydrogen-bond acceptors (Lipinski definition) is 11. The smallest absolute Gasteiger partial charge is 0.414 e. The number of aliphatic carboxylic acids is 1. The third kappa shape index (κ3) is 6.87. The minimum absolute atomic E-state index is 0.0118. The molecule has 0 radical (unpaired) electrons. The molecule has 2 amide bonds. The molecule has 3 aromatic rings. The van der Waals surface area contributed by atoms with Crippen molar-refractivity contribution in [2.75, 3.05) is 28.7 Å². The number of nitrogens with one attached hydrogen (secondary N) is 4. The number of aromatic amines is 1. The predicted molar refractivity (Wildman–Crippen MR) is 186 cm³/mol. The first-order valence-corrected chi connectivity index (χ1v) is 17.2. The average molecular weight is 699 g/mol. The van der Waals surface area contributed by atoms with E-state index in [0.29, 0.717) is 47.1 Å². The highest BCUT2D eigenvalue weighted by Crippen LogP contribution is 2.45. The van der Waals surface area contributed by atoms with Gasteiger partial charge in [0.15, 0.2) is 4.99 Å². The first-order valence-electron chi connectivity index (χ1n) is 16.3. The number of carboxylic acid groups (broad SMARTS) is 1. The lowest BCUT2D eigenvalue weighted by Gasteiger charge is -2.34. The standard InChI is InChI=1S/C33H43FN8O6S/c1-9-33(39-21(15-49-33)27(43)44)40-28-37-25-23(19-11-17(34)12-22(24(19)36-25)41(8)30(46)48-32(5,6)7)26(38-28)42-14-16-10-18(42)13-20(16)35-29(45)47-31(2,3)4/h11-12,15-16,18,20,39H,9-10,13-14H2,1-8H3,(H,35,45)(H,43,44)(H2,36,37,38,40). The first kappa shape index (κ1) is 34.4. The van der Waals surface area contributed by atoms with Gasteiger partial charge in [0.2, 0.25) is 5.95 Å². The fourth-order valence-corrected chi connectivity index (χ4v) is 7.64. The second kappa shape index (κ2) is 12.1. The van der Waals surface area contributed by atoms with Crippen LogP contribution < -0.4 is 25.8 Å². The molecule has 49 heavy (non-hydrogen) atoms. The number of amides is 2. The largest absolute Gasteiger partial charge is 0.477 e. The topological polar surface area (TPSA) is 174 Å². The normalized spacial score (nSPS) is 23.4. The average Bonchev–Trinajstić information content (AvgIpc) is 3.76. The number of carbonyl (C=O) groups is 3. The summed E-state index contributed by atoms with van der Waals surface area (Å²) >= 11 is 1.28. The van der Waals surface area contributed by atoms with E-state index < -0.39 is 40.2 Å². The van der Waals surface area contributed by atoms with Crippen molar-refractivity contribution in [2.24, 2.45) is 5.92 Å². The maximum Gasteiger partial charge on any atom is 0.414 e. The fourth-order valence-electron chi connectivity index (χ4n) is 6.67. The number of ether oxygens (including phenoxy) is 2. The van der Waals surface area contributed by atoms with E-state index in [0.717, 1.165) is 6.42 Å². The Morgan fingerprint density at radius 2 is 1.86 bits per heavy atom. The molecule has 4 unspecified atom stereocenters. The molecule has 2 fully saturated rings. The molecule has 1 saturated carbocycles. The van der Waals surface area contributed by atoms with Gasteiger partial charge in [-0.2, -0.15) is 9.97 Å². The number of carbonyl (C=O) groups excluding carboxylic acids is 2. The van der Waals surface area contributed by atoms with E-state index >= 15 is 4.39 Å². The van der Waals surface area contributed by atoms with Gasteiger partial charge >= 0.3 is 18.2 Å². The summed E-state index contributed by atoms with van der Waals surface area (Å²) in [5, 5.41) is 21.6. The molecule has 6 rings (SSSR count). The van der Waals surface area contributed by atoms with Gasteiger partial charge in [0, 0.05) is 36.5 Å². The highest BCUT2D eigenvalue weighted by molar-refractivity contribution is 8.03. The van der Waals surface area contributed by atoms with Crippen LogP contribution in [0.3, 0.4) is 0 Å². The van der Waals surface area contributed by atoms with Gasteiger partial charge < -0.3 is 40.4 Å². The molecule has 4 heterocycles. The molecule has 5 N–H and O–H groups in total. The van der Waals surface area contributed by atoms with Crippen molar-refractivity contribution in [1.29, 1.82) is 0 Å². The zero-order chi connectivity index (χ0) is 35.6. The summed E-state index contributed by atoms with van der Waals surface area (Å²) in [6.45, 7) is 13.2. The molecule has 16 heteroatoms. The first-order chi connectivity index (χ1) is 22.8. The van der Waals surface area contributed by atoms with Crippen LogP contribution in [-0.4, -0.2) is 80.1 Å². The Morgan fingerprint density at radius 3 is 2.45 bits per heavy atom. The van der Waals surface area contributed by atoms with Crippen LogP contribution in [0.15, 0.2) is 23.2 Å². The van der Waals surface area contributed by atoms with Crippen LogP contribution in [-0.2, 0) is 14.3 Å². The summed E-state index contributed by atoms with van der Waals surface area (Å²) in [7, 11) is 1.52. The van der Waals surface area contributed by atoms with Gasteiger partial charge in [0.25, 0.3) is 0 Å². The van der Waals surface area contributed by atoms with E-state index in [1.54, 1.807) is 26.2 Å². The van der Waals surface area contributed by atoms with E-state index in [9.17, 15) is 19.5 Å². The second-order valence-corrected chi connectivity index (χ2v) is 16.0. The molecule has 2 bridgehead atoms. The van der Waals surface area contributed by atoms with Crippen molar-refractivity contribution in [1.82, 2.24) is 25.6 Å². The van der Waals surface area contributed by atoms with Crippen molar-refractivity contribution < 1.29 is 33.4 Å². The molecule has 3 aliphatic rings. The van der Waals surface area contributed by atoms with E-state index in [1.165, 1.54) is 35.8 Å². The third-order valence-electron chi connectivity index (χ3n) is 8.79. The van der Waals surface area contributed by atoms with Gasteiger partial charge in [0.05, 0.1) is 16.6 Å². The molecule has 0 spiro atoms. The van der Waals surface area contributed by atoms with Crippen LogP contribution in [0.25, 0.3) is 21.9 Å². The number of fused-ring (bicyclic) bond motifs is 5. The quantitative estimate of drug-likeness (QED) is 0.199. The summed E-state index contributed by atoms with van der Waals surface area (Å²) in [5.41, 5.74) is -0.191. The maximum atomic E-state index is 15.4. The third-order valence-corrected chi connectivity index (χ3v) is 10.0. The monoisotopic (exact) mass is 698 g/mol. The van der Waals surface area contributed by atoms with Gasteiger partial charge in [-0.25, -0.2) is 18.8 Å². The lowest BCUT2D eigenvalue weighted by Crippen LogP contribution is -2.48. The van der Waals surface area contributed by atoms with Crippen molar-refractivity contribution in [3.8, 4) is 0 Å². The van der Waals surface area contributed by atoms with Crippen molar-refractivity contribution in [3.05, 3.63) is 29.1 Å². The van der Waals surface area contributed by atoms with Crippen molar-refractivity contribution >= 4 is 69.3 Å². The molecule has 1 aromatic carbocycles. The molecule has 14 nitrogen and oxygen atoms in total. The lowest BCUT2D eigenvalue weighted by atomic mass is 10.0. The molecule has 4 atom stereocenters. The summed E-state index contributed by atoms with van der Waals surface area (Å²) in [6.07, 6.45) is 0.839. The number of hydrogen-bond donors (Lipinski definition) is 5. The van der Waals surface area contributed by atoms with Gasteiger partial charge in [-0.3, -0.25) is 4.90 Å². The van der Waals surface area contributed by atoms with Crippen LogP contribution >= 0.6 is 11.8 Å². The van der Waals surface area contributed by atoms with Crippen LogP contribution in [0.2, 0.25) is 0 Å². The Morgan fingerprint density at radius 1 is 1.14 bits per heavy atom. The van der Waals surface area contributed by atoms with Crippen LogP contribution in [0.1, 0.15) is 67.7 Å². The number of piperidine rings is 1.